The number of carbonyl (C=O) groups is 1. The second-order valence-electron chi connectivity index (χ2n) is 7.02. The molecule has 0 spiro atoms. The van der Waals surface area contributed by atoms with E-state index in [2.05, 4.69) is 10.2 Å². The van der Waals surface area contributed by atoms with E-state index in [0.29, 0.717) is 13.0 Å². The molecule has 1 amide bonds. The van der Waals surface area contributed by atoms with Crippen LogP contribution >= 0.6 is 0 Å². The number of nitrogens with zero attached hydrogens (tertiary/aromatic N) is 2. The summed E-state index contributed by atoms with van der Waals surface area (Å²) < 4.78 is 5.28. The molecule has 1 fully saturated rings. The van der Waals surface area contributed by atoms with Crippen LogP contribution in [0.4, 0.5) is 5.69 Å². The van der Waals surface area contributed by atoms with Gasteiger partial charge in [-0.2, -0.15) is 5.10 Å². The van der Waals surface area contributed by atoms with E-state index < -0.39 is 0 Å². The Balaban J connectivity index is 1.53. The molecule has 1 unspecified atom stereocenters. The van der Waals surface area contributed by atoms with E-state index >= 15 is 0 Å². The number of aliphatic hydroxyl groups is 1. The molecule has 0 aliphatic carbocycles. The summed E-state index contributed by atoms with van der Waals surface area (Å²) in [5, 5.41) is 16.6. The molecule has 0 bridgehead atoms. The van der Waals surface area contributed by atoms with Crippen LogP contribution in [0.5, 0.6) is 5.75 Å². The zero-order valence-electron chi connectivity index (χ0n) is 15.8. The summed E-state index contributed by atoms with van der Waals surface area (Å²) in [6.07, 6.45) is 5.03. The number of aliphatic hydroxyl groups excluding tert-OH is 1. The lowest BCUT2D eigenvalue weighted by molar-refractivity contribution is -0.120. The van der Waals surface area contributed by atoms with E-state index in [9.17, 15) is 9.90 Å². The summed E-state index contributed by atoms with van der Waals surface area (Å²) in [5.74, 6) is 0.892. The van der Waals surface area contributed by atoms with Crippen LogP contribution in [0, 0.1) is 5.92 Å². The van der Waals surface area contributed by atoms with Crippen molar-refractivity contribution in [2.75, 3.05) is 18.6 Å². The molecule has 3 aromatic rings. The number of benzene rings is 2. The van der Waals surface area contributed by atoms with Gasteiger partial charge >= 0.3 is 0 Å². The third kappa shape index (κ3) is 3.51. The summed E-state index contributed by atoms with van der Waals surface area (Å²) >= 11 is 0. The Kier molecular flexibility index (Phi) is 5.12. The van der Waals surface area contributed by atoms with Crippen molar-refractivity contribution < 1.29 is 14.6 Å². The SMILES string of the molecule is COc1cccc(CC2CCN(c3ccc(-c4cn[nH]c4)c(CO)c3)C2=O)c1. The number of hydrogen-bond acceptors (Lipinski definition) is 4. The molecule has 6 heteroatoms. The Morgan fingerprint density at radius 1 is 1.29 bits per heavy atom. The van der Waals surface area contributed by atoms with Crippen molar-refractivity contribution >= 4 is 11.6 Å². The van der Waals surface area contributed by atoms with Crippen LogP contribution in [0.25, 0.3) is 11.1 Å². The minimum atomic E-state index is -0.0936. The van der Waals surface area contributed by atoms with Crippen molar-refractivity contribution in [3.63, 3.8) is 0 Å². The first-order chi connectivity index (χ1) is 13.7. The van der Waals surface area contributed by atoms with E-state index in [1.54, 1.807) is 19.5 Å². The second kappa shape index (κ2) is 7.86. The summed E-state index contributed by atoms with van der Waals surface area (Å²) in [4.78, 5) is 14.8. The highest BCUT2D eigenvalue weighted by Crippen LogP contribution is 2.32. The lowest BCUT2D eigenvalue weighted by Crippen LogP contribution is -2.27. The van der Waals surface area contributed by atoms with Gasteiger partial charge in [-0.05, 0) is 53.8 Å². The van der Waals surface area contributed by atoms with E-state index in [1.165, 1.54) is 0 Å². The van der Waals surface area contributed by atoms with Crippen LogP contribution in [-0.4, -0.2) is 34.9 Å². The molecule has 144 valence electrons. The summed E-state index contributed by atoms with van der Waals surface area (Å²) in [5.41, 5.74) is 4.54. The lowest BCUT2D eigenvalue weighted by Gasteiger charge is -2.19. The van der Waals surface area contributed by atoms with Gasteiger partial charge in [0.05, 0.1) is 19.9 Å². The highest BCUT2D eigenvalue weighted by Gasteiger charge is 2.32. The van der Waals surface area contributed by atoms with Gasteiger partial charge in [-0.15, -0.1) is 0 Å². The number of aromatic nitrogens is 2. The number of amides is 1. The molecule has 2 heterocycles. The van der Waals surface area contributed by atoms with Gasteiger partial charge in [0.2, 0.25) is 5.91 Å². The molecule has 0 radical (unpaired) electrons. The highest BCUT2D eigenvalue weighted by atomic mass is 16.5. The van der Waals surface area contributed by atoms with Crippen LogP contribution in [0.15, 0.2) is 54.9 Å². The monoisotopic (exact) mass is 377 g/mol. The quantitative estimate of drug-likeness (QED) is 0.692. The van der Waals surface area contributed by atoms with Crippen LogP contribution in [0.1, 0.15) is 17.5 Å². The normalized spacial score (nSPS) is 16.6. The molecule has 6 nitrogen and oxygen atoms in total. The molecule has 1 aromatic heterocycles. The third-order valence-electron chi connectivity index (χ3n) is 5.31. The second-order valence-corrected chi connectivity index (χ2v) is 7.02. The fourth-order valence-corrected chi connectivity index (χ4v) is 3.83. The van der Waals surface area contributed by atoms with Gasteiger partial charge in [-0.3, -0.25) is 9.89 Å². The summed E-state index contributed by atoms with van der Waals surface area (Å²) in [7, 11) is 1.65. The number of aromatic amines is 1. The molecule has 2 N–H and O–H groups in total. The number of anilines is 1. The number of methoxy groups -OCH3 is 1. The maximum absolute atomic E-state index is 13.0. The Labute approximate surface area is 163 Å². The topological polar surface area (TPSA) is 78.4 Å². The van der Waals surface area contributed by atoms with Gasteiger partial charge in [-0.1, -0.05) is 18.2 Å². The Morgan fingerprint density at radius 2 is 2.18 bits per heavy atom. The smallest absolute Gasteiger partial charge is 0.230 e. The van der Waals surface area contributed by atoms with E-state index in [4.69, 9.17) is 4.74 Å². The van der Waals surface area contributed by atoms with Gasteiger partial charge in [0.15, 0.2) is 0 Å². The number of hydrogen-bond donors (Lipinski definition) is 2. The van der Waals surface area contributed by atoms with Crippen LogP contribution in [0.3, 0.4) is 0 Å². The number of carbonyl (C=O) groups excluding carboxylic acids is 1. The summed E-state index contributed by atoms with van der Waals surface area (Å²) in [6.45, 7) is 0.590. The first-order valence-corrected chi connectivity index (χ1v) is 9.37. The van der Waals surface area contributed by atoms with Gasteiger partial charge in [0, 0.05) is 29.9 Å². The fraction of sp³-hybridized carbons (Fsp3) is 0.273. The van der Waals surface area contributed by atoms with Gasteiger partial charge < -0.3 is 14.7 Å². The molecular weight excluding hydrogens is 354 g/mol. The number of nitrogens with one attached hydrogen (secondary N) is 1. The minimum Gasteiger partial charge on any atom is -0.497 e. The van der Waals surface area contributed by atoms with Crippen molar-refractivity contribution in [3.8, 4) is 16.9 Å². The molecule has 1 aliphatic heterocycles. The molecule has 0 saturated carbocycles. The zero-order valence-corrected chi connectivity index (χ0v) is 15.8. The largest absolute Gasteiger partial charge is 0.497 e. The Bertz CT molecular complexity index is 969. The molecule has 28 heavy (non-hydrogen) atoms. The molecule has 2 aromatic carbocycles. The van der Waals surface area contributed by atoms with Gasteiger partial charge in [-0.25, -0.2) is 0 Å². The number of ether oxygens (including phenoxy) is 1. The van der Waals surface area contributed by atoms with E-state index in [-0.39, 0.29) is 18.4 Å². The average Bonchev–Trinajstić information content (AvgIpc) is 3.38. The zero-order chi connectivity index (χ0) is 19.5. The average molecular weight is 377 g/mol. The van der Waals surface area contributed by atoms with E-state index in [1.807, 2.05) is 47.4 Å². The number of rotatable bonds is 6. The summed E-state index contributed by atoms with van der Waals surface area (Å²) in [6, 6.07) is 13.6. The van der Waals surface area contributed by atoms with Crippen molar-refractivity contribution in [1.82, 2.24) is 10.2 Å². The molecule has 4 rings (SSSR count). The fourth-order valence-electron chi connectivity index (χ4n) is 3.83. The predicted molar refractivity (Wildman–Crippen MR) is 107 cm³/mol. The first-order valence-electron chi connectivity index (χ1n) is 9.37. The molecule has 1 atom stereocenters. The van der Waals surface area contributed by atoms with E-state index in [0.717, 1.165) is 40.1 Å². The van der Waals surface area contributed by atoms with Crippen LogP contribution in [-0.2, 0) is 17.8 Å². The predicted octanol–water partition coefficient (Wildman–Crippen LogP) is 3.17. The van der Waals surface area contributed by atoms with Crippen LogP contribution < -0.4 is 9.64 Å². The molecular formula is C22H23N3O3. The van der Waals surface area contributed by atoms with Crippen molar-refractivity contribution in [2.45, 2.75) is 19.4 Å². The minimum absolute atomic E-state index is 0.0433. The van der Waals surface area contributed by atoms with Crippen molar-refractivity contribution in [3.05, 3.63) is 66.0 Å². The third-order valence-corrected chi connectivity index (χ3v) is 5.31. The maximum atomic E-state index is 13.0. The lowest BCUT2D eigenvalue weighted by atomic mass is 9.98. The van der Waals surface area contributed by atoms with Crippen LogP contribution in [0.2, 0.25) is 0 Å². The standard InChI is InChI=1S/C22H23N3O3/c1-28-20-4-2-3-15(10-20)9-16-7-8-25(22(16)27)19-5-6-21(17(11-19)14-26)18-12-23-24-13-18/h2-6,10-13,16,26H,7-9,14H2,1H3,(H,23,24). The van der Waals surface area contributed by atoms with Gasteiger partial charge in [0.1, 0.15) is 5.75 Å². The van der Waals surface area contributed by atoms with Crippen molar-refractivity contribution in [2.24, 2.45) is 5.92 Å². The maximum Gasteiger partial charge on any atom is 0.230 e. The molecule has 1 saturated heterocycles. The Hall–Kier alpha value is -3.12. The number of H-pyrrole nitrogens is 1. The van der Waals surface area contributed by atoms with Gasteiger partial charge in [0.25, 0.3) is 0 Å². The first kappa shape index (κ1) is 18.3. The van der Waals surface area contributed by atoms with Crippen molar-refractivity contribution in [1.29, 1.82) is 0 Å². The highest BCUT2D eigenvalue weighted by molar-refractivity contribution is 5.97. The Morgan fingerprint density at radius 3 is 2.93 bits per heavy atom. The molecule has 1 aliphatic rings.